The van der Waals surface area contributed by atoms with E-state index in [1.54, 1.807) is 30.3 Å². The monoisotopic (exact) mass is 382 g/mol. The van der Waals surface area contributed by atoms with Gasteiger partial charge in [0.05, 0.1) is 11.3 Å². The van der Waals surface area contributed by atoms with Gasteiger partial charge in [-0.15, -0.1) is 0 Å². The summed E-state index contributed by atoms with van der Waals surface area (Å²) >= 11 is 2.17. The van der Waals surface area contributed by atoms with Gasteiger partial charge in [0.25, 0.3) is 5.69 Å². The molecule has 2 aromatic rings. The second-order valence-corrected chi connectivity index (χ2v) is 5.36. The van der Waals surface area contributed by atoms with E-state index >= 15 is 0 Å². The van der Waals surface area contributed by atoms with Crippen LogP contribution in [0.15, 0.2) is 48.5 Å². The van der Waals surface area contributed by atoms with E-state index in [1.807, 2.05) is 12.1 Å². The number of nitrogens with one attached hydrogen (secondary N) is 1. The highest BCUT2D eigenvalue weighted by Crippen LogP contribution is 2.19. The average molecular weight is 382 g/mol. The average Bonchev–Trinajstić information content (AvgIpc) is 2.41. The van der Waals surface area contributed by atoms with Crippen LogP contribution in [0.5, 0.6) is 0 Å². The molecule has 2 aromatic carbocycles. The molecule has 0 unspecified atom stereocenters. The Balaban J connectivity index is 2.08. The molecule has 1 N–H and O–H groups in total. The Bertz CT molecular complexity index is 641. The first-order valence-corrected chi connectivity index (χ1v) is 6.92. The fraction of sp³-hybridized carbons (Fsp3) is 0.0714. The molecule has 0 aliphatic carbocycles. The molecule has 0 aromatic heterocycles. The first-order chi connectivity index (χ1) is 9.56. The molecule has 0 heterocycles. The van der Waals surface area contributed by atoms with E-state index in [4.69, 9.17) is 0 Å². The molecular weight excluding hydrogens is 371 g/mol. The molecule has 0 atom stereocenters. The normalized spacial score (nSPS) is 10.1. The molecule has 5 nitrogen and oxygen atoms in total. The summed E-state index contributed by atoms with van der Waals surface area (Å²) in [5.41, 5.74) is 1.04. The Labute approximate surface area is 129 Å². The van der Waals surface area contributed by atoms with Crippen molar-refractivity contribution in [3.05, 3.63) is 67.8 Å². The summed E-state index contributed by atoms with van der Waals surface area (Å²) in [5, 5.41) is 13.6. The lowest BCUT2D eigenvalue weighted by Crippen LogP contribution is -2.15. The Morgan fingerprint density at radius 1 is 1.15 bits per heavy atom. The van der Waals surface area contributed by atoms with Crippen molar-refractivity contribution in [3.8, 4) is 0 Å². The smallest absolute Gasteiger partial charge is 0.273 e. The van der Waals surface area contributed by atoms with E-state index in [-0.39, 0.29) is 18.0 Å². The van der Waals surface area contributed by atoms with Crippen molar-refractivity contribution in [1.29, 1.82) is 0 Å². The largest absolute Gasteiger partial charge is 0.326 e. The van der Waals surface area contributed by atoms with Crippen LogP contribution in [0, 0.1) is 13.7 Å². The van der Waals surface area contributed by atoms with Gasteiger partial charge >= 0.3 is 0 Å². The molecule has 0 aliphatic heterocycles. The minimum atomic E-state index is -0.479. The van der Waals surface area contributed by atoms with Crippen LogP contribution in [0.25, 0.3) is 0 Å². The molecule has 2 rings (SSSR count). The van der Waals surface area contributed by atoms with Crippen molar-refractivity contribution in [1.82, 2.24) is 0 Å². The van der Waals surface area contributed by atoms with E-state index in [1.165, 1.54) is 6.07 Å². The van der Waals surface area contributed by atoms with E-state index in [9.17, 15) is 14.9 Å². The number of benzene rings is 2. The number of hydrogen-bond donors (Lipinski definition) is 1. The van der Waals surface area contributed by atoms with Crippen LogP contribution in [-0.2, 0) is 11.2 Å². The second-order valence-electron chi connectivity index (χ2n) is 4.12. The molecule has 20 heavy (non-hydrogen) atoms. The summed E-state index contributed by atoms with van der Waals surface area (Å²) in [6.45, 7) is 0. The summed E-state index contributed by atoms with van der Waals surface area (Å²) < 4.78 is 1.07. The van der Waals surface area contributed by atoms with Crippen molar-refractivity contribution >= 4 is 39.9 Å². The van der Waals surface area contributed by atoms with Gasteiger partial charge in [0, 0.05) is 20.9 Å². The zero-order chi connectivity index (χ0) is 14.5. The van der Waals surface area contributed by atoms with Gasteiger partial charge in [-0.05, 0) is 46.9 Å². The van der Waals surface area contributed by atoms with Crippen LogP contribution < -0.4 is 5.32 Å². The van der Waals surface area contributed by atoms with Crippen molar-refractivity contribution in [3.63, 3.8) is 0 Å². The number of nitrogens with zero attached hydrogens (tertiary/aromatic N) is 1. The highest BCUT2D eigenvalue weighted by Gasteiger charge is 2.15. The molecule has 6 heteroatoms. The number of anilines is 1. The quantitative estimate of drug-likeness (QED) is 0.501. The second kappa shape index (κ2) is 6.47. The molecule has 1 amide bonds. The van der Waals surface area contributed by atoms with Gasteiger partial charge in [0.15, 0.2) is 0 Å². The van der Waals surface area contributed by atoms with E-state index < -0.39 is 4.92 Å². The molecule has 102 valence electrons. The molecule has 0 bridgehead atoms. The van der Waals surface area contributed by atoms with Crippen LogP contribution in [0.2, 0.25) is 0 Å². The van der Waals surface area contributed by atoms with Crippen LogP contribution in [-0.4, -0.2) is 10.8 Å². The zero-order valence-corrected chi connectivity index (χ0v) is 12.5. The number of halogens is 1. The summed E-state index contributed by atoms with van der Waals surface area (Å²) in [7, 11) is 0. The number of rotatable bonds is 4. The Morgan fingerprint density at radius 3 is 2.45 bits per heavy atom. The summed E-state index contributed by atoms with van der Waals surface area (Å²) in [6, 6.07) is 13.6. The first kappa shape index (κ1) is 14.4. The molecule has 0 saturated carbocycles. The molecule has 0 aliphatic rings. The van der Waals surface area contributed by atoms with Gasteiger partial charge < -0.3 is 5.32 Å². The van der Waals surface area contributed by atoms with Gasteiger partial charge in [-0.3, -0.25) is 14.9 Å². The number of hydrogen-bond acceptors (Lipinski definition) is 3. The van der Waals surface area contributed by atoms with E-state index in [0.717, 1.165) is 3.57 Å². The molecular formula is C14H11IN2O3. The number of carbonyl (C=O) groups excluding carboxylic acids is 1. The van der Waals surface area contributed by atoms with Crippen molar-refractivity contribution in [2.45, 2.75) is 6.42 Å². The van der Waals surface area contributed by atoms with Crippen LogP contribution in [0.3, 0.4) is 0 Å². The fourth-order valence-corrected chi connectivity index (χ4v) is 2.11. The van der Waals surface area contributed by atoms with Gasteiger partial charge in [-0.25, -0.2) is 0 Å². The predicted octanol–water partition coefficient (Wildman–Crippen LogP) is 3.38. The highest BCUT2D eigenvalue weighted by molar-refractivity contribution is 14.1. The maximum atomic E-state index is 11.9. The number of para-hydroxylation sites is 1. The number of carbonyl (C=O) groups is 1. The minimum Gasteiger partial charge on any atom is -0.326 e. The zero-order valence-electron chi connectivity index (χ0n) is 10.4. The van der Waals surface area contributed by atoms with Crippen molar-refractivity contribution < 1.29 is 9.72 Å². The van der Waals surface area contributed by atoms with Gasteiger partial charge in [-0.2, -0.15) is 0 Å². The van der Waals surface area contributed by atoms with Gasteiger partial charge in [0.1, 0.15) is 0 Å². The highest BCUT2D eigenvalue weighted by atomic mass is 127. The van der Waals surface area contributed by atoms with Crippen LogP contribution >= 0.6 is 22.6 Å². The Kier molecular flexibility index (Phi) is 4.67. The minimum absolute atomic E-state index is 0.0247. The number of nitro benzene ring substituents is 1. The standard InChI is InChI=1S/C14H11IN2O3/c15-11-5-7-12(8-6-11)16-14(18)9-10-3-1-2-4-13(10)17(19)20/h1-8H,9H2,(H,16,18). The topological polar surface area (TPSA) is 72.2 Å². The molecule has 0 spiro atoms. The third-order valence-electron chi connectivity index (χ3n) is 2.67. The summed E-state index contributed by atoms with van der Waals surface area (Å²) in [4.78, 5) is 22.3. The lowest BCUT2D eigenvalue weighted by molar-refractivity contribution is -0.385. The van der Waals surface area contributed by atoms with E-state index in [0.29, 0.717) is 11.3 Å². The number of nitro groups is 1. The maximum absolute atomic E-state index is 11.9. The van der Waals surface area contributed by atoms with E-state index in [2.05, 4.69) is 27.9 Å². The summed E-state index contributed by atoms with van der Waals surface area (Å²) in [6.07, 6.45) is -0.0247. The van der Waals surface area contributed by atoms with Crippen molar-refractivity contribution in [2.75, 3.05) is 5.32 Å². The third kappa shape index (κ3) is 3.77. The lowest BCUT2D eigenvalue weighted by atomic mass is 10.1. The predicted molar refractivity (Wildman–Crippen MR) is 84.6 cm³/mol. The molecule has 0 radical (unpaired) electrons. The molecule has 0 saturated heterocycles. The molecule has 0 fully saturated rings. The Morgan fingerprint density at radius 2 is 1.80 bits per heavy atom. The van der Waals surface area contributed by atoms with Gasteiger partial charge in [-0.1, -0.05) is 18.2 Å². The van der Waals surface area contributed by atoms with Crippen LogP contribution in [0.1, 0.15) is 5.56 Å². The lowest BCUT2D eigenvalue weighted by Gasteiger charge is -2.06. The fourth-order valence-electron chi connectivity index (χ4n) is 1.75. The van der Waals surface area contributed by atoms with Gasteiger partial charge in [0.2, 0.25) is 5.91 Å². The first-order valence-electron chi connectivity index (χ1n) is 5.84. The summed E-state index contributed by atoms with van der Waals surface area (Å²) in [5.74, 6) is -0.277. The Hall–Kier alpha value is -1.96. The maximum Gasteiger partial charge on any atom is 0.273 e. The van der Waals surface area contributed by atoms with Crippen LogP contribution in [0.4, 0.5) is 11.4 Å². The van der Waals surface area contributed by atoms with Crippen molar-refractivity contribution in [2.24, 2.45) is 0 Å². The number of amides is 1. The SMILES string of the molecule is O=C(Cc1ccccc1[N+](=O)[O-])Nc1ccc(I)cc1. The third-order valence-corrected chi connectivity index (χ3v) is 3.39.